The van der Waals surface area contributed by atoms with Crippen LogP contribution < -0.4 is 4.74 Å². The van der Waals surface area contributed by atoms with Crippen molar-refractivity contribution in [1.29, 1.82) is 0 Å². The van der Waals surface area contributed by atoms with E-state index in [4.69, 9.17) is 9.47 Å². The van der Waals surface area contributed by atoms with Crippen molar-refractivity contribution in [3.63, 3.8) is 0 Å². The van der Waals surface area contributed by atoms with Gasteiger partial charge in [0, 0.05) is 11.6 Å². The Morgan fingerprint density at radius 3 is 2.88 bits per heavy atom. The number of carbonyl (C=O) groups excluding carboxylic acids is 1. The average molecular weight is 231 g/mol. The molecule has 0 saturated carbocycles. The van der Waals surface area contributed by atoms with Crippen LogP contribution in [0, 0.1) is 0 Å². The van der Waals surface area contributed by atoms with E-state index in [1.165, 1.54) is 7.11 Å². The molecule has 88 valence electrons. The van der Waals surface area contributed by atoms with E-state index in [-0.39, 0.29) is 5.97 Å². The lowest BCUT2D eigenvalue weighted by molar-refractivity contribution is 0.0603. The SMILES string of the molecule is CCOc1cccc2c(C(=O)OC)ccnc12. The van der Waals surface area contributed by atoms with Gasteiger partial charge >= 0.3 is 5.97 Å². The van der Waals surface area contributed by atoms with Crippen molar-refractivity contribution in [1.82, 2.24) is 4.98 Å². The van der Waals surface area contributed by atoms with Gasteiger partial charge in [-0.3, -0.25) is 4.98 Å². The molecule has 0 saturated heterocycles. The number of aromatic nitrogens is 1. The molecule has 0 radical (unpaired) electrons. The van der Waals surface area contributed by atoms with E-state index >= 15 is 0 Å². The number of methoxy groups -OCH3 is 1. The molecular formula is C13H13NO3. The molecule has 2 aromatic rings. The smallest absolute Gasteiger partial charge is 0.338 e. The Hall–Kier alpha value is -2.10. The lowest BCUT2D eigenvalue weighted by atomic mass is 10.1. The molecule has 1 aromatic carbocycles. The predicted molar refractivity (Wildman–Crippen MR) is 64.3 cm³/mol. The minimum atomic E-state index is -0.369. The zero-order valence-corrected chi connectivity index (χ0v) is 9.77. The molecule has 0 atom stereocenters. The molecule has 0 amide bonds. The molecule has 0 spiro atoms. The van der Waals surface area contributed by atoms with E-state index in [2.05, 4.69) is 4.98 Å². The normalized spacial score (nSPS) is 10.2. The maximum Gasteiger partial charge on any atom is 0.338 e. The first-order chi connectivity index (χ1) is 8.27. The summed E-state index contributed by atoms with van der Waals surface area (Å²) in [5.74, 6) is 0.307. The van der Waals surface area contributed by atoms with Crippen LogP contribution in [-0.2, 0) is 4.74 Å². The highest BCUT2D eigenvalue weighted by atomic mass is 16.5. The molecule has 1 aromatic heterocycles. The van der Waals surface area contributed by atoms with Crippen LogP contribution in [0.3, 0.4) is 0 Å². The van der Waals surface area contributed by atoms with Crippen LogP contribution in [0.2, 0.25) is 0 Å². The second-order valence-electron chi connectivity index (χ2n) is 3.44. The molecule has 0 fully saturated rings. The molecule has 0 aliphatic carbocycles. The zero-order valence-electron chi connectivity index (χ0n) is 9.77. The minimum Gasteiger partial charge on any atom is -0.492 e. The largest absolute Gasteiger partial charge is 0.492 e. The van der Waals surface area contributed by atoms with Gasteiger partial charge in [-0.2, -0.15) is 0 Å². The highest BCUT2D eigenvalue weighted by molar-refractivity contribution is 6.04. The molecule has 2 rings (SSSR count). The van der Waals surface area contributed by atoms with Gasteiger partial charge in [0.05, 0.1) is 19.3 Å². The Bertz CT molecular complexity index is 551. The minimum absolute atomic E-state index is 0.369. The monoisotopic (exact) mass is 231 g/mol. The summed E-state index contributed by atoms with van der Waals surface area (Å²) >= 11 is 0. The third-order valence-corrected chi connectivity index (χ3v) is 2.44. The molecule has 0 aliphatic rings. The molecule has 4 nitrogen and oxygen atoms in total. The maximum absolute atomic E-state index is 11.6. The molecule has 0 N–H and O–H groups in total. The third-order valence-electron chi connectivity index (χ3n) is 2.44. The van der Waals surface area contributed by atoms with Gasteiger partial charge in [-0.15, -0.1) is 0 Å². The van der Waals surface area contributed by atoms with Gasteiger partial charge in [-0.05, 0) is 19.1 Å². The standard InChI is InChI=1S/C13H13NO3/c1-3-17-11-6-4-5-9-10(13(15)16-2)7-8-14-12(9)11/h4-8H,3H2,1-2H3. The summed E-state index contributed by atoms with van der Waals surface area (Å²) in [4.78, 5) is 15.9. The van der Waals surface area contributed by atoms with Gasteiger partial charge in [-0.25, -0.2) is 4.79 Å². The zero-order chi connectivity index (χ0) is 12.3. The number of fused-ring (bicyclic) bond motifs is 1. The van der Waals surface area contributed by atoms with Gasteiger partial charge in [0.15, 0.2) is 0 Å². The molecule has 0 bridgehead atoms. The van der Waals surface area contributed by atoms with Crippen molar-refractivity contribution in [3.8, 4) is 5.75 Å². The van der Waals surface area contributed by atoms with Crippen molar-refractivity contribution in [2.24, 2.45) is 0 Å². The van der Waals surface area contributed by atoms with Crippen molar-refractivity contribution in [2.75, 3.05) is 13.7 Å². The van der Waals surface area contributed by atoms with Crippen LogP contribution in [-0.4, -0.2) is 24.7 Å². The number of benzene rings is 1. The molecule has 17 heavy (non-hydrogen) atoms. The summed E-state index contributed by atoms with van der Waals surface area (Å²) in [7, 11) is 1.36. The van der Waals surface area contributed by atoms with Gasteiger partial charge in [0.2, 0.25) is 0 Å². The van der Waals surface area contributed by atoms with E-state index in [0.29, 0.717) is 23.4 Å². The number of pyridine rings is 1. The highest BCUT2D eigenvalue weighted by Crippen LogP contribution is 2.26. The van der Waals surface area contributed by atoms with Crippen LogP contribution in [0.4, 0.5) is 0 Å². The number of ether oxygens (including phenoxy) is 2. The first kappa shape index (κ1) is 11.4. The third kappa shape index (κ3) is 2.06. The van der Waals surface area contributed by atoms with Gasteiger partial charge in [-0.1, -0.05) is 12.1 Å². The van der Waals surface area contributed by atoms with Gasteiger partial charge in [0.1, 0.15) is 11.3 Å². The Morgan fingerprint density at radius 2 is 2.18 bits per heavy atom. The summed E-state index contributed by atoms with van der Waals surface area (Å²) in [5, 5.41) is 0.741. The Balaban J connectivity index is 2.65. The lowest BCUT2D eigenvalue weighted by Gasteiger charge is -2.08. The van der Waals surface area contributed by atoms with Crippen molar-refractivity contribution in [3.05, 3.63) is 36.0 Å². The van der Waals surface area contributed by atoms with Crippen LogP contribution in [0.1, 0.15) is 17.3 Å². The van der Waals surface area contributed by atoms with E-state index in [1.54, 1.807) is 12.3 Å². The molecular weight excluding hydrogens is 218 g/mol. The molecule has 4 heteroatoms. The van der Waals surface area contributed by atoms with Crippen molar-refractivity contribution >= 4 is 16.9 Å². The Morgan fingerprint density at radius 1 is 1.35 bits per heavy atom. The van der Waals surface area contributed by atoms with E-state index in [9.17, 15) is 4.79 Å². The van der Waals surface area contributed by atoms with E-state index < -0.39 is 0 Å². The number of para-hydroxylation sites is 1. The fraction of sp³-hybridized carbons (Fsp3) is 0.231. The molecule has 0 unspecified atom stereocenters. The van der Waals surface area contributed by atoms with Crippen LogP contribution >= 0.6 is 0 Å². The Kier molecular flexibility index (Phi) is 3.23. The Labute approximate surface area is 99.2 Å². The summed E-state index contributed by atoms with van der Waals surface area (Å²) in [6.07, 6.45) is 1.58. The number of rotatable bonds is 3. The number of nitrogens with zero attached hydrogens (tertiary/aromatic N) is 1. The fourth-order valence-electron chi connectivity index (χ4n) is 1.71. The summed E-state index contributed by atoms with van der Waals surface area (Å²) in [6, 6.07) is 7.14. The summed E-state index contributed by atoms with van der Waals surface area (Å²) in [5.41, 5.74) is 1.18. The van der Waals surface area contributed by atoms with Gasteiger partial charge < -0.3 is 9.47 Å². The van der Waals surface area contributed by atoms with Crippen molar-refractivity contribution in [2.45, 2.75) is 6.92 Å². The average Bonchev–Trinajstić information content (AvgIpc) is 2.38. The highest BCUT2D eigenvalue weighted by Gasteiger charge is 2.12. The van der Waals surface area contributed by atoms with E-state index in [1.807, 2.05) is 25.1 Å². The van der Waals surface area contributed by atoms with Crippen LogP contribution in [0.25, 0.3) is 10.9 Å². The van der Waals surface area contributed by atoms with Crippen molar-refractivity contribution < 1.29 is 14.3 Å². The summed E-state index contributed by atoms with van der Waals surface area (Å²) in [6.45, 7) is 2.46. The van der Waals surface area contributed by atoms with Crippen LogP contribution in [0.15, 0.2) is 30.5 Å². The topological polar surface area (TPSA) is 48.4 Å². The quantitative estimate of drug-likeness (QED) is 0.761. The summed E-state index contributed by atoms with van der Waals surface area (Å²) < 4.78 is 10.2. The van der Waals surface area contributed by atoms with E-state index in [0.717, 1.165) is 5.39 Å². The number of carbonyl (C=O) groups is 1. The number of hydrogen-bond acceptors (Lipinski definition) is 4. The second-order valence-corrected chi connectivity index (χ2v) is 3.44. The van der Waals surface area contributed by atoms with Gasteiger partial charge in [0.25, 0.3) is 0 Å². The number of esters is 1. The predicted octanol–water partition coefficient (Wildman–Crippen LogP) is 2.42. The first-order valence-electron chi connectivity index (χ1n) is 5.36. The maximum atomic E-state index is 11.6. The fourth-order valence-corrected chi connectivity index (χ4v) is 1.71. The molecule has 0 aliphatic heterocycles. The number of hydrogen-bond donors (Lipinski definition) is 0. The lowest BCUT2D eigenvalue weighted by Crippen LogP contribution is -2.03. The second kappa shape index (κ2) is 4.82. The molecule has 1 heterocycles. The first-order valence-corrected chi connectivity index (χ1v) is 5.36. The van der Waals surface area contributed by atoms with Crippen LogP contribution in [0.5, 0.6) is 5.75 Å².